The van der Waals surface area contributed by atoms with Crippen LogP contribution in [0.5, 0.6) is 0 Å². The van der Waals surface area contributed by atoms with Gasteiger partial charge in [0.1, 0.15) is 0 Å². The van der Waals surface area contributed by atoms with Gasteiger partial charge < -0.3 is 14.8 Å². The standard InChI is InChI=1S/C23H28N4O4/c1-2-19-21-20(9-4-12-30-13-5-10-25-22(21)28)27(26-19)11-6-14-31-23(29)18-8-3-7-17(15-18)16-24/h3,7-8,15H,2,4-6,9-14H2,1H3,(H,25,28). The Balaban J connectivity index is 1.65. The molecular formula is C23H28N4O4. The number of hydrogen-bond acceptors (Lipinski definition) is 6. The van der Waals surface area contributed by atoms with Crippen LogP contribution in [0.3, 0.4) is 0 Å². The third kappa shape index (κ3) is 5.92. The fourth-order valence-electron chi connectivity index (χ4n) is 3.59. The molecule has 1 amide bonds. The molecule has 1 N–H and O–H groups in total. The highest BCUT2D eigenvalue weighted by Gasteiger charge is 2.22. The van der Waals surface area contributed by atoms with E-state index in [0.29, 0.717) is 62.3 Å². The number of carbonyl (C=O) groups is 2. The maximum Gasteiger partial charge on any atom is 0.338 e. The van der Waals surface area contributed by atoms with Crippen LogP contribution in [0.4, 0.5) is 0 Å². The van der Waals surface area contributed by atoms with Gasteiger partial charge in [0.15, 0.2) is 0 Å². The number of hydrogen-bond donors (Lipinski definition) is 1. The Bertz CT molecular complexity index is 961. The number of nitriles is 1. The average molecular weight is 425 g/mol. The number of amides is 1. The van der Waals surface area contributed by atoms with Gasteiger partial charge in [-0.1, -0.05) is 13.0 Å². The maximum absolute atomic E-state index is 12.8. The van der Waals surface area contributed by atoms with E-state index >= 15 is 0 Å². The van der Waals surface area contributed by atoms with Crippen LogP contribution in [-0.4, -0.2) is 48.0 Å². The third-order valence-electron chi connectivity index (χ3n) is 5.12. The van der Waals surface area contributed by atoms with Crippen LogP contribution >= 0.6 is 0 Å². The molecule has 0 saturated carbocycles. The Morgan fingerprint density at radius 2 is 2.19 bits per heavy atom. The molecule has 2 aromatic rings. The molecule has 0 radical (unpaired) electrons. The van der Waals surface area contributed by atoms with Crippen molar-refractivity contribution in [2.75, 3.05) is 26.4 Å². The number of aryl methyl sites for hydroxylation is 2. The van der Waals surface area contributed by atoms with Gasteiger partial charge in [-0.3, -0.25) is 9.48 Å². The minimum atomic E-state index is -0.456. The number of ether oxygens (including phenoxy) is 2. The second-order valence-corrected chi connectivity index (χ2v) is 7.35. The lowest BCUT2D eigenvalue weighted by atomic mass is 10.1. The highest BCUT2D eigenvalue weighted by molar-refractivity contribution is 5.96. The molecule has 1 aromatic carbocycles. The van der Waals surface area contributed by atoms with Gasteiger partial charge in [-0.25, -0.2) is 4.79 Å². The van der Waals surface area contributed by atoms with Crippen molar-refractivity contribution in [3.63, 3.8) is 0 Å². The first-order chi connectivity index (χ1) is 15.1. The summed E-state index contributed by atoms with van der Waals surface area (Å²) in [6.07, 6.45) is 3.55. The second kappa shape index (κ2) is 11.3. The van der Waals surface area contributed by atoms with Gasteiger partial charge in [0.25, 0.3) is 5.91 Å². The first-order valence-electron chi connectivity index (χ1n) is 10.8. The van der Waals surface area contributed by atoms with Gasteiger partial charge in [0, 0.05) is 32.7 Å². The van der Waals surface area contributed by atoms with Crippen molar-refractivity contribution in [1.82, 2.24) is 15.1 Å². The monoisotopic (exact) mass is 424 g/mol. The number of aromatic nitrogens is 2. The molecule has 0 saturated heterocycles. The van der Waals surface area contributed by atoms with E-state index in [1.807, 2.05) is 17.7 Å². The van der Waals surface area contributed by atoms with Crippen LogP contribution in [0, 0.1) is 11.3 Å². The Labute approximate surface area is 182 Å². The van der Waals surface area contributed by atoms with Crippen molar-refractivity contribution < 1.29 is 19.1 Å². The van der Waals surface area contributed by atoms with E-state index in [-0.39, 0.29) is 12.5 Å². The van der Waals surface area contributed by atoms with Crippen LogP contribution in [-0.2, 0) is 28.9 Å². The summed E-state index contributed by atoms with van der Waals surface area (Å²) in [4.78, 5) is 25.0. The molecule has 31 heavy (non-hydrogen) atoms. The quantitative estimate of drug-likeness (QED) is 0.564. The van der Waals surface area contributed by atoms with Gasteiger partial charge in [-0.05, 0) is 43.9 Å². The zero-order valence-corrected chi connectivity index (χ0v) is 17.9. The lowest BCUT2D eigenvalue weighted by Gasteiger charge is -2.10. The molecule has 8 nitrogen and oxygen atoms in total. The van der Waals surface area contributed by atoms with Gasteiger partial charge >= 0.3 is 5.97 Å². The molecule has 0 unspecified atom stereocenters. The number of nitrogens with zero attached hydrogens (tertiary/aromatic N) is 3. The van der Waals surface area contributed by atoms with Crippen LogP contribution in [0.15, 0.2) is 24.3 Å². The Morgan fingerprint density at radius 3 is 3.00 bits per heavy atom. The van der Waals surface area contributed by atoms with E-state index in [0.717, 1.165) is 24.2 Å². The zero-order valence-electron chi connectivity index (χ0n) is 17.9. The molecule has 1 aromatic heterocycles. The molecule has 1 aliphatic rings. The van der Waals surface area contributed by atoms with E-state index in [1.165, 1.54) is 6.07 Å². The molecule has 164 valence electrons. The predicted molar refractivity (Wildman–Crippen MR) is 114 cm³/mol. The smallest absolute Gasteiger partial charge is 0.338 e. The van der Waals surface area contributed by atoms with E-state index in [9.17, 15) is 9.59 Å². The minimum Gasteiger partial charge on any atom is -0.462 e. The van der Waals surface area contributed by atoms with Gasteiger partial charge in [-0.15, -0.1) is 0 Å². The lowest BCUT2D eigenvalue weighted by molar-refractivity contribution is 0.0494. The molecule has 2 heterocycles. The minimum absolute atomic E-state index is 0.0798. The van der Waals surface area contributed by atoms with Crippen molar-refractivity contribution in [2.45, 2.75) is 45.6 Å². The number of benzene rings is 1. The zero-order chi connectivity index (χ0) is 22.1. The number of carbonyl (C=O) groups excluding carboxylic acids is 2. The molecule has 0 atom stereocenters. The van der Waals surface area contributed by atoms with Crippen molar-refractivity contribution >= 4 is 11.9 Å². The first-order valence-corrected chi connectivity index (χ1v) is 10.8. The fraction of sp³-hybridized carbons (Fsp3) is 0.478. The van der Waals surface area contributed by atoms with E-state index in [1.54, 1.807) is 18.2 Å². The van der Waals surface area contributed by atoms with E-state index < -0.39 is 5.97 Å². The largest absolute Gasteiger partial charge is 0.462 e. The predicted octanol–water partition coefficient (Wildman–Crippen LogP) is 2.65. The molecule has 8 heteroatoms. The highest BCUT2D eigenvalue weighted by Crippen LogP contribution is 2.19. The van der Waals surface area contributed by atoms with Crippen LogP contribution in [0.1, 0.15) is 63.9 Å². The van der Waals surface area contributed by atoms with Crippen molar-refractivity contribution in [3.05, 3.63) is 52.3 Å². The van der Waals surface area contributed by atoms with Crippen molar-refractivity contribution in [3.8, 4) is 6.07 Å². The van der Waals surface area contributed by atoms with Gasteiger partial charge in [0.2, 0.25) is 0 Å². The summed E-state index contributed by atoms with van der Waals surface area (Å²) in [6.45, 7) is 4.63. The molecule has 0 bridgehead atoms. The van der Waals surface area contributed by atoms with Gasteiger partial charge in [-0.2, -0.15) is 10.4 Å². The summed E-state index contributed by atoms with van der Waals surface area (Å²) in [7, 11) is 0. The molecule has 1 aliphatic heterocycles. The molecule has 0 fully saturated rings. The summed E-state index contributed by atoms with van der Waals surface area (Å²) in [5.41, 5.74) is 3.15. The summed E-state index contributed by atoms with van der Waals surface area (Å²) in [6, 6.07) is 8.45. The lowest BCUT2D eigenvalue weighted by Crippen LogP contribution is -2.26. The molecule has 3 rings (SSSR count). The van der Waals surface area contributed by atoms with Crippen LogP contribution < -0.4 is 5.32 Å². The topological polar surface area (TPSA) is 106 Å². The summed E-state index contributed by atoms with van der Waals surface area (Å²) < 4.78 is 12.8. The number of fused-ring (bicyclic) bond motifs is 1. The van der Waals surface area contributed by atoms with Crippen LogP contribution in [0.25, 0.3) is 0 Å². The normalized spacial score (nSPS) is 14.6. The molecule has 0 spiro atoms. The number of nitrogens with one attached hydrogen (secondary N) is 1. The van der Waals surface area contributed by atoms with Crippen LogP contribution in [0.2, 0.25) is 0 Å². The highest BCUT2D eigenvalue weighted by atomic mass is 16.5. The SMILES string of the molecule is CCc1nn(CCCOC(=O)c2cccc(C#N)c2)c2c1C(=O)NCCCOCCC2. The molecular weight excluding hydrogens is 396 g/mol. The molecule has 0 aliphatic carbocycles. The Hall–Kier alpha value is -3.18. The number of esters is 1. The summed E-state index contributed by atoms with van der Waals surface area (Å²) >= 11 is 0. The van der Waals surface area contributed by atoms with E-state index in [4.69, 9.17) is 14.7 Å². The Morgan fingerprint density at radius 1 is 1.35 bits per heavy atom. The van der Waals surface area contributed by atoms with E-state index in [2.05, 4.69) is 10.4 Å². The Kier molecular flexibility index (Phi) is 8.19. The number of rotatable bonds is 6. The summed E-state index contributed by atoms with van der Waals surface area (Å²) in [5.74, 6) is -0.536. The average Bonchev–Trinajstić information content (AvgIpc) is 3.13. The second-order valence-electron chi connectivity index (χ2n) is 7.35. The third-order valence-corrected chi connectivity index (χ3v) is 5.12. The maximum atomic E-state index is 12.8. The fourth-order valence-corrected chi connectivity index (χ4v) is 3.59. The summed E-state index contributed by atoms with van der Waals surface area (Å²) in [5, 5.41) is 16.6. The first kappa shape index (κ1) is 22.5. The van der Waals surface area contributed by atoms with Crippen molar-refractivity contribution in [2.24, 2.45) is 0 Å². The van der Waals surface area contributed by atoms with Crippen molar-refractivity contribution in [1.29, 1.82) is 5.26 Å². The van der Waals surface area contributed by atoms with Gasteiger partial charge in [0.05, 0.1) is 40.8 Å².